The molecule has 3 saturated carbocycles. The second-order valence-electron chi connectivity index (χ2n) is 23.9. The molecule has 73 heavy (non-hydrogen) atoms. The smallest absolute Gasteiger partial charge is 0.187 e. The molecule has 22 nitrogen and oxygen atoms in total. The number of aliphatic hydroxyl groups is 12. The maximum atomic E-state index is 12.3. The number of allylic oxidation sites excluding steroid dienone is 1. The van der Waals surface area contributed by atoms with Crippen LogP contribution in [0.4, 0.5) is 0 Å². The SMILES string of the molecule is CC1CCC2(OC1)OC1C[C@H]3[C@@H]4CC=C5C[C@@H](O[C@@H]6O[C@H](CO)[C@@H](O[C@@H]7O[C@H](CO)[C@@H](O)[C@H](O[C@@H]8O[C@H](CO)[C@@H](O)[C@H](O)[C@H]8O)[C@H]7O)[C@H](O)[C@H]6O[C@@H]6O[C@@H](C)[C@H](O)[C@@H](O)[C@H]6O)CC[C@]5(C)[C@H]4CC[C@]3(C)[C@H]1[C@@H]2C. The Labute approximate surface area is 425 Å². The van der Waals surface area contributed by atoms with Gasteiger partial charge >= 0.3 is 0 Å². The maximum Gasteiger partial charge on any atom is 0.187 e. The third-order valence-corrected chi connectivity index (χ3v) is 19.8. The van der Waals surface area contributed by atoms with E-state index in [9.17, 15) is 61.3 Å². The highest BCUT2D eigenvalue weighted by Crippen LogP contribution is 2.71. The van der Waals surface area contributed by atoms with E-state index in [-0.39, 0.29) is 16.9 Å². The molecule has 0 bridgehead atoms. The Bertz CT molecular complexity index is 1920. The predicted octanol–water partition coefficient (Wildman–Crippen LogP) is -1.96. The van der Waals surface area contributed by atoms with E-state index >= 15 is 0 Å². The van der Waals surface area contributed by atoms with E-state index in [0.717, 1.165) is 51.6 Å². The van der Waals surface area contributed by atoms with Crippen molar-refractivity contribution in [2.45, 2.75) is 233 Å². The van der Waals surface area contributed by atoms with Crippen LogP contribution in [0.3, 0.4) is 0 Å². The van der Waals surface area contributed by atoms with Gasteiger partial charge in [-0.3, -0.25) is 0 Å². The molecule has 12 N–H and O–H groups in total. The van der Waals surface area contributed by atoms with E-state index < -0.39 is 155 Å². The van der Waals surface area contributed by atoms with Gasteiger partial charge in [-0.25, -0.2) is 0 Å². The molecule has 3 unspecified atom stereocenters. The summed E-state index contributed by atoms with van der Waals surface area (Å²) >= 11 is 0. The highest BCUT2D eigenvalue weighted by molar-refractivity contribution is 5.26. The number of rotatable bonds is 11. The molecule has 1 spiro atoms. The first kappa shape index (κ1) is 55.2. The fourth-order valence-electron chi connectivity index (χ4n) is 15.5. The van der Waals surface area contributed by atoms with Crippen molar-refractivity contribution in [2.24, 2.45) is 46.3 Å². The molecule has 6 saturated heterocycles. The number of fused-ring (bicyclic) bond motifs is 7. The average Bonchev–Trinajstić information content (AvgIpc) is 3.82. The van der Waals surface area contributed by atoms with Crippen LogP contribution in [0, 0.1) is 46.3 Å². The fraction of sp³-hybridized carbons (Fsp3) is 0.961. The van der Waals surface area contributed by atoms with Crippen molar-refractivity contribution in [1.82, 2.24) is 0 Å². The molecule has 6 aliphatic heterocycles. The van der Waals surface area contributed by atoms with Gasteiger partial charge in [-0.1, -0.05) is 39.3 Å². The molecule has 31 atom stereocenters. The molecule has 418 valence electrons. The molecule has 10 aliphatic rings. The van der Waals surface area contributed by atoms with Gasteiger partial charge in [-0.05, 0) is 98.7 Å². The van der Waals surface area contributed by atoms with Crippen LogP contribution in [-0.4, -0.2) is 229 Å². The van der Waals surface area contributed by atoms with Crippen LogP contribution in [0.2, 0.25) is 0 Å². The van der Waals surface area contributed by atoms with E-state index in [0.29, 0.717) is 48.3 Å². The topological polar surface area (TPSA) is 335 Å². The van der Waals surface area contributed by atoms with Gasteiger partial charge in [0.2, 0.25) is 0 Å². The molecule has 0 aromatic rings. The highest BCUT2D eigenvalue weighted by atomic mass is 16.8. The van der Waals surface area contributed by atoms with Gasteiger partial charge in [0.1, 0.15) is 91.6 Å². The standard InChI is InChI=1S/C51H82O22/c1-20-8-13-51(64-19-20)21(2)32-28(73-51)15-27-25-7-6-23-14-24(9-11-49(23,4)26(25)10-12-50(27,32)5)66-48-44(72-45-38(60)36(58)33(55)22(3)65-45)40(62)42(31(18-54)69-48)70-47-41(63)43(35(57)30(17-53)68-47)71-46-39(61)37(59)34(56)29(16-52)67-46/h6,20-22,24-48,52-63H,7-19H2,1-5H3/t20?,21-,22-,24-,25+,26-,27-,28?,29+,30+,31+,32-,33-,34+,35+,36+,37-,38+,39+,40-,41+,42+,43-,44+,45-,46-,47-,48+,49-,50-,51?/m0/s1. The molecule has 6 heterocycles. The zero-order valence-corrected chi connectivity index (χ0v) is 42.4. The van der Waals surface area contributed by atoms with E-state index in [2.05, 4.69) is 33.8 Å². The molecule has 9 fully saturated rings. The van der Waals surface area contributed by atoms with Crippen LogP contribution < -0.4 is 0 Å². The van der Waals surface area contributed by atoms with Crippen molar-refractivity contribution in [2.75, 3.05) is 26.4 Å². The fourth-order valence-corrected chi connectivity index (χ4v) is 15.5. The van der Waals surface area contributed by atoms with Crippen LogP contribution in [-0.2, 0) is 47.4 Å². The summed E-state index contributed by atoms with van der Waals surface area (Å²) in [5.41, 5.74) is 1.35. The molecule has 0 aromatic carbocycles. The lowest BCUT2D eigenvalue weighted by molar-refractivity contribution is -0.396. The van der Waals surface area contributed by atoms with E-state index in [1.165, 1.54) is 12.5 Å². The minimum absolute atomic E-state index is 0.0914. The minimum atomic E-state index is -2.00. The summed E-state index contributed by atoms with van der Waals surface area (Å²) in [7, 11) is 0. The Morgan fingerprint density at radius 3 is 1.86 bits per heavy atom. The molecule has 0 radical (unpaired) electrons. The van der Waals surface area contributed by atoms with Gasteiger partial charge in [-0.15, -0.1) is 0 Å². The lowest BCUT2D eigenvalue weighted by atomic mass is 9.47. The van der Waals surface area contributed by atoms with Crippen LogP contribution in [0.1, 0.15) is 92.4 Å². The quantitative estimate of drug-likeness (QED) is 0.1000. The first-order chi connectivity index (χ1) is 34.7. The minimum Gasteiger partial charge on any atom is -0.394 e. The first-order valence-corrected chi connectivity index (χ1v) is 26.9. The maximum absolute atomic E-state index is 12.3. The van der Waals surface area contributed by atoms with Gasteiger partial charge in [-0.2, -0.15) is 0 Å². The lowest BCUT2D eigenvalue weighted by Gasteiger charge is -2.59. The van der Waals surface area contributed by atoms with Gasteiger partial charge in [0.25, 0.3) is 0 Å². The van der Waals surface area contributed by atoms with Crippen LogP contribution >= 0.6 is 0 Å². The number of hydrogen-bond donors (Lipinski definition) is 12. The predicted molar refractivity (Wildman–Crippen MR) is 247 cm³/mol. The second-order valence-corrected chi connectivity index (χ2v) is 23.9. The average molecular weight is 1050 g/mol. The zero-order chi connectivity index (χ0) is 52.2. The lowest BCUT2D eigenvalue weighted by Crippen LogP contribution is -2.68. The summed E-state index contributed by atoms with van der Waals surface area (Å²) in [6.45, 7) is 9.28. The van der Waals surface area contributed by atoms with E-state index in [4.69, 9.17) is 47.4 Å². The third kappa shape index (κ3) is 9.42. The Morgan fingerprint density at radius 1 is 0.575 bits per heavy atom. The van der Waals surface area contributed by atoms with Crippen molar-refractivity contribution in [3.63, 3.8) is 0 Å². The molecular weight excluding hydrogens is 965 g/mol. The van der Waals surface area contributed by atoms with Crippen molar-refractivity contribution >= 4 is 0 Å². The van der Waals surface area contributed by atoms with Crippen LogP contribution in [0.5, 0.6) is 0 Å². The molecular formula is C51H82O22. The van der Waals surface area contributed by atoms with Crippen LogP contribution in [0.25, 0.3) is 0 Å². The highest BCUT2D eigenvalue weighted by Gasteiger charge is 2.69. The van der Waals surface area contributed by atoms with Crippen LogP contribution in [0.15, 0.2) is 11.6 Å². The largest absolute Gasteiger partial charge is 0.394 e. The Morgan fingerprint density at radius 2 is 1.19 bits per heavy atom. The molecule has 10 rings (SSSR count). The van der Waals surface area contributed by atoms with Gasteiger partial charge in [0.05, 0.1) is 44.7 Å². The molecule has 0 aromatic heterocycles. The zero-order valence-electron chi connectivity index (χ0n) is 42.4. The summed E-state index contributed by atoms with van der Waals surface area (Å²) in [4.78, 5) is 0. The molecule has 0 amide bonds. The van der Waals surface area contributed by atoms with Gasteiger partial charge in [0.15, 0.2) is 30.9 Å². The Kier molecular flexibility index (Phi) is 16.0. The van der Waals surface area contributed by atoms with Crippen molar-refractivity contribution in [3.05, 3.63) is 11.6 Å². The monoisotopic (exact) mass is 1050 g/mol. The third-order valence-electron chi connectivity index (χ3n) is 19.8. The van der Waals surface area contributed by atoms with Gasteiger partial charge < -0.3 is 109 Å². The first-order valence-electron chi connectivity index (χ1n) is 26.9. The Balaban J connectivity index is 0.857. The van der Waals surface area contributed by atoms with E-state index in [1.807, 2.05) is 0 Å². The summed E-state index contributed by atoms with van der Waals surface area (Å²) in [6.07, 6.45) is -23.0. The summed E-state index contributed by atoms with van der Waals surface area (Å²) in [5, 5.41) is 130. The number of ether oxygens (including phenoxy) is 10. The van der Waals surface area contributed by atoms with E-state index in [1.54, 1.807) is 0 Å². The van der Waals surface area contributed by atoms with Crippen molar-refractivity contribution in [1.29, 1.82) is 0 Å². The summed E-state index contributed by atoms with van der Waals surface area (Å²) < 4.78 is 61.8. The van der Waals surface area contributed by atoms with Crippen molar-refractivity contribution in [3.8, 4) is 0 Å². The van der Waals surface area contributed by atoms with Crippen molar-refractivity contribution < 1.29 is 109 Å². The summed E-state index contributed by atoms with van der Waals surface area (Å²) in [6, 6.07) is 0. The Hall–Kier alpha value is -1.14. The van der Waals surface area contributed by atoms with Gasteiger partial charge in [0, 0.05) is 12.3 Å². The molecule has 22 heteroatoms. The second kappa shape index (κ2) is 21.2. The number of aliphatic hydroxyl groups excluding tert-OH is 12. The molecule has 4 aliphatic carbocycles. The normalized spacial score (nSPS) is 57.1. The summed E-state index contributed by atoms with van der Waals surface area (Å²) in [5.74, 6) is 2.32. The number of hydrogen-bond acceptors (Lipinski definition) is 22.